The number of halogens is 1. The third kappa shape index (κ3) is 4.74. The molecule has 1 atom stereocenters. The molecule has 3 aromatic rings. The Morgan fingerprint density at radius 1 is 0.914 bits per heavy atom. The molecule has 8 heteroatoms. The van der Waals surface area contributed by atoms with Gasteiger partial charge in [-0.25, -0.2) is 0 Å². The van der Waals surface area contributed by atoms with Gasteiger partial charge in [-0.3, -0.25) is 9.59 Å². The number of ether oxygens (including phenoxy) is 3. The number of amides is 1. The van der Waals surface area contributed by atoms with E-state index in [4.69, 9.17) is 14.2 Å². The molecule has 35 heavy (non-hydrogen) atoms. The van der Waals surface area contributed by atoms with Crippen molar-refractivity contribution >= 4 is 33.4 Å². The SMILES string of the molecule is COc1cccc(C2/C(=C(\O)c3ccc(Br)cc3)C(=O)C(=O)N2Cc2ccc(OC)c(OC)c2)c1. The zero-order chi connectivity index (χ0) is 25.1. The van der Waals surface area contributed by atoms with Crippen LogP contribution in [0, 0.1) is 0 Å². The zero-order valence-electron chi connectivity index (χ0n) is 19.4. The van der Waals surface area contributed by atoms with E-state index < -0.39 is 17.7 Å². The standard InChI is InChI=1S/C27H24BrNO6/c1-33-20-6-4-5-18(14-20)24-23(25(30)17-8-10-19(28)11-9-17)26(31)27(32)29(24)15-16-7-12-21(34-2)22(13-16)35-3/h4-14,24,30H,15H2,1-3H3/b25-23+. The van der Waals surface area contributed by atoms with Crippen LogP contribution in [0.1, 0.15) is 22.7 Å². The number of methoxy groups -OCH3 is 3. The summed E-state index contributed by atoms with van der Waals surface area (Å²) >= 11 is 3.37. The predicted octanol–water partition coefficient (Wildman–Crippen LogP) is 5.10. The van der Waals surface area contributed by atoms with E-state index in [2.05, 4.69) is 15.9 Å². The molecule has 4 rings (SSSR count). The molecule has 1 aliphatic rings. The van der Waals surface area contributed by atoms with Crippen molar-refractivity contribution in [1.29, 1.82) is 0 Å². The molecule has 0 radical (unpaired) electrons. The molecule has 0 spiro atoms. The highest BCUT2D eigenvalue weighted by Gasteiger charge is 2.46. The molecule has 1 heterocycles. The first-order valence-corrected chi connectivity index (χ1v) is 11.6. The third-order valence-electron chi connectivity index (χ3n) is 5.87. The summed E-state index contributed by atoms with van der Waals surface area (Å²) in [6.45, 7) is 0.115. The number of hydrogen-bond donors (Lipinski definition) is 1. The number of aliphatic hydroxyl groups excluding tert-OH is 1. The van der Waals surface area contributed by atoms with Crippen LogP contribution in [-0.2, 0) is 16.1 Å². The van der Waals surface area contributed by atoms with Crippen LogP contribution in [0.2, 0.25) is 0 Å². The summed E-state index contributed by atoms with van der Waals surface area (Å²) in [5.41, 5.74) is 1.83. The van der Waals surface area contributed by atoms with E-state index in [0.717, 1.165) is 10.0 Å². The summed E-state index contributed by atoms with van der Waals surface area (Å²) in [5.74, 6) is -0.0569. The number of hydrogen-bond acceptors (Lipinski definition) is 6. The molecule has 7 nitrogen and oxygen atoms in total. The number of aliphatic hydroxyl groups is 1. The first-order valence-electron chi connectivity index (χ1n) is 10.8. The van der Waals surface area contributed by atoms with E-state index in [0.29, 0.717) is 28.4 Å². The average molecular weight is 538 g/mol. The minimum Gasteiger partial charge on any atom is -0.507 e. The molecule has 1 amide bonds. The van der Waals surface area contributed by atoms with Crippen LogP contribution in [0.4, 0.5) is 0 Å². The van der Waals surface area contributed by atoms with Gasteiger partial charge in [0.1, 0.15) is 11.5 Å². The van der Waals surface area contributed by atoms with Gasteiger partial charge in [0.25, 0.3) is 11.7 Å². The van der Waals surface area contributed by atoms with Gasteiger partial charge >= 0.3 is 0 Å². The lowest BCUT2D eigenvalue weighted by Crippen LogP contribution is -2.29. The maximum atomic E-state index is 13.3. The van der Waals surface area contributed by atoms with E-state index in [1.165, 1.54) is 12.0 Å². The molecule has 180 valence electrons. The van der Waals surface area contributed by atoms with Crippen LogP contribution < -0.4 is 14.2 Å². The molecule has 3 aromatic carbocycles. The van der Waals surface area contributed by atoms with Gasteiger partial charge in [-0.2, -0.15) is 0 Å². The summed E-state index contributed by atoms with van der Waals surface area (Å²) in [5, 5.41) is 11.2. The highest BCUT2D eigenvalue weighted by atomic mass is 79.9. The Balaban J connectivity index is 1.85. The smallest absolute Gasteiger partial charge is 0.295 e. The highest BCUT2D eigenvalue weighted by molar-refractivity contribution is 9.10. The summed E-state index contributed by atoms with van der Waals surface area (Å²) in [4.78, 5) is 28.0. The van der Waals surface area contributed by atoms with Crippen LogP contribution >= 0.6 is 15.9 Å². The maximum absolute atomic E-state index is 13.3. The largest absolute Gasteiger partial charge is 0.507 e. The lowest BCUT2D eigenvalue weighted by molar-refractivity contribution is -0.140. The lowest BCUT2D eigenvalue weighted by atomic mass is 9.95. The molecule has 1 unspecified atom stereocenters. The molecule has 0 aromatic heterocycles. The summed E-state index contributed by atoms with van der Waals surface area (Å²) in [6, 6.07) is 18.5. The van der Waals surface area contributed by atoms with Crippen molar-refractivity contribution in [3.8, 4) is 17.2 Å². The van der Waals surface area contributed by atoms with Crippen molar-refractivity contribution in [2.75, 3.05) is 21.3 Å². The Morgan fingerprint density at radius 3 is 2.29 bits per heavy atom. The van der Waals surface area contributed by atoms with Crippen molar-refractivity contribution in [3.63, 3.8) is 0 Å². The van der Waals surface area contributed by atoms with Crippen LogP contribution in [0.25, 0.3) is 5.76 Å². The molecular weight excluding hydrogens is 514 g/mol. The van der Waals surface area contributed by atoms with Crippen molar-refractivity contribution in [3.05, 3.63) is 93.5 Å². The van der Waals surface area contributed by atoms with Gasteiger partial charge in [-0.15, -0.1) is 0 Å². The molecule has 1 saturated heterocycles. The molecule has 1 fully saturated rings. The molecule has 1 aliphatic heterocycles. The Kier molecular flexibility index (Phi) is 7.12. The summed E-state index contributed by atoms with van der Waals surface area (Å²) in [7, 11) is 4.62. The fourth-order valence-corrected chi connectivity index (χ4v) is 4.40. The first kappa shape index (κ1) is 24.3. The molecule has 0 saturated carbocycles. The first-order chi connectivity index (χ1) is 16.9. The number of Topliss-reactive ketones (excluding diaryl/α,β-unsaturated/α-hetero) is 1. The number of ketones is 1. The van der Waals surface area contributed by atoms with Crippen LogP contribution in [0.15, 0.2) is 76.8 Å². The maximum Gasteiger partial charge on any atom is 0.295 e. The Bertz CT molecular complexity index is 1300. The number of rotatable bonds is 7. The van der Waals surface area contributed by atoms with E-state index in [1.807, 2.05) is 0 Å². The topological polar surface area (TPSA) is 85.3 Å². The number of benzene rings is 3. The minimum atomic E-state index is -0.818. The zero-order valence-corrected chi connectivity index (χ0v) is 21.0. The predicted molar refractivity (Wildman–Crippen MR) is 135 cm³/mol. The Hall–Kier alpha value is -3.78. The number of nitrogens with zero attached hydrogens (tertiary/aromatic N) is 1. The van der Waals surface area contributed by atoms with Crippen molar-refractivity contribution < 1.29 is 28.9 Å². The third-order valence-corrected chi connectivity index (χ3v) is 6.40. The van der Waals surface area contributed by atoms with Crippen molar-refractivity contribution in [1.82, 2.24) is 4.90 Å². The molecule has 0 bridgehead atoms. The average Bonchev–Trinajstić information content (AvgIpc) is 3.13. The second-order valence-corrected chi connectivity index (χ2v) is 8.82. The van der Waals surface area contributed by atoms with E-state index in [9.17, 15) is 14.7 Å². The highest BCUT2D eigenvalue weighted by Crippen LogP contribution is 2.41. The number of likely N-dealkylation sites (tertiary alicyclic amines) is 1. The van der Waals surface area contributed by atoms with Gasteiger partial charge in [0.2, 0.25) is 0 Å². The molecule has 1 N–H and O–H groups in total. The van der Waals surface area contributed by atoms with Gasteiger partial charge < -0.3 is 24.2 Å². The second kappa shape index (κ2) is 10.2. The Labute approximate surface area is 211 Å². The normalized spacial score (nSPS) is 16.9. The van der Waals surface area contributed by atoms with Crippen LogP contribution in [0.3, 0.4) is 0 Å². The van der Waals surface area contributed by atoms with Crippen molar-refractivity contribution in [2.24, 2.45) is 0 Å². The fourth-order valence-electron chi connectivity index (χ4n) is 4.14. The second-order valence-electron chi connectivity index (χ2n) is 7.90. The van der Waals surface area contributed by atoms with Crippen LogP contribution in [-0.4, -0.2) is 43.0 Å². The van der Waals surface area contributed by atoms with Crippen LogP contribution in [0.5, 0.6) is 17.2 Å². The van der Waals surface area contributed by atoms with Gasteiger partial charge in [-0.05, 0) is 47.5 Å². The monoisotopic (exact) mass is 537 g/mol. The lowest BCUT2D eigenvalue weighted by Gasteiger charge is -2.26. The number of carbonyl (C=O) groups excluding carboxylic acids is 2. The quantitative estimate of drug-likeness (QED) is 0.256. The van der Waals surface area contributed by atoms with E-state index in [1.54, 1.807) is 80.9 Å². The fraction of sp³-hybridized carbons (Fsp3) is 0.185. The minimum absolute atomic E-state index is 0.0195. The molecular formula is C27H24BrNO6. The van der Waals surface area contributed by atoms with Gasteiger partial charge in [-0.1, -0.05) is 46.3 Å². The molecule has 0 aliphatic carbocycles. The summed E-state index contributed by atoms with van der Waals surface area (Å²) < 4.78 is 16.9. The van der Waals surface area contributed by atoms with Gasteiger partial charge in [0.15, 0.2) is 11.5 Å². The van der Waals surface area contributed by atoms with E-state index in [-0.39, 0.29) is 17.9 Å². The Morgan fingerprint density at radius 2 is 1.63 bits per heavy atom. The van der Waals surface area contributed by atoms with Gasteiger partial charge in [0.05, 0.1) is 32.9 Å². The van der Waals surface area contributed by atoms with Crippen molar-refractivity contribution in [2.45, 2.75) is 12.6 Å². The summed E-state index contributed by atoms with van der Waals surface area (Å²) in [6.07, 6.45) is 0. The van der Waals surface area contributed by atoms with E-state index >= 15 is 0 Å². The van der Waals surface area contributed by atoms with Gasteiger partial charge in [0, 0.05) is 16.6 Å². The number of carbonyl (C=O) groups is 2.